The zero-order valence-corrected chi connectivity index (χ0v) is 13.8. The second kappa shape index (κ2) is 7.07. The van der Waals surface area contributed by atoms with Gasteiger partial charge in [0.15, 0.2) is 0 Å². The van der Waals surface area contributed by atoms with Crippen molar-refractivity contribution in [3.8, 4) is 0 Å². The summed E-state index contributed by atoms with van der Waals surface area (Å²) in [6.07, 6.45) is 3.50. The first-order valence-electron chi connectivity index (χ1n) is 8.45. The fourth-order valence-electron chi connectivity index (χ4n) is 3.74. The molecule has 0 aromatic carbocycles. The first-order chi connectivity index (χ1) is 9.98. The molecule has 1 saturated carbocycles. The Balaban J connectivity index is 1.91. The van der Waals surface area contributed by atoms with Crippen molar-refractivity contribution >= 4 is 5.97 Å². The van der Waals surface area contributed by atoms with Crippen LogP contribution in [0, 0.1) is 0 Å². The number of carboxylic acids is 1. The van der Waals surface area contributed by atoms with Gasteiger partial charge in [-0.2, -0.15) is 0 Å². The average Bonchev–Trinajstić information content (AvgIpc) is 2.91. The number of aliphatic carboxylic acids is 1. The highest BCUT2D eigenvalue weighted by molar-refractivity contribution is 5.79. The summed E-state index contributed by atoms with van der Waals surface area (Å²) in [6, 6.07) is 1.04. The van der Waals surface area contributed by atoms with Gasteiger partial charge in [-0.05, 0) is 46.1 Å². The summed E-state index contributed by atoms with van der Waals surface area (Å²) >= 11 is 0. The van der Waals surface area contributed by atoms with Gasteiger partial charge >= 0.3 is 5.97 Å². The van der Waals surface area contributed by atoms with E-state index in [1.54, 1.807) is 0 Å². The summed E-state index contributed by atoms with van der Waals surface area (Å²) in [7, 11) is 0. The monoisotopic (exact) mass is 297 g/mol. The minimum Gasteiger partial charge on any atom is -0.480 e. The molecule has 5 nitrogen and oxygen atoms in total. The van der Waals surface area contributed by atoms with Crippen LogP contribution in [0.2, 0.25) is 0 Å². The Labute approximate surface area is 128 Å². The summed E-state index contributed by atoms with van der Waals surface area (Å²) in [6.45, 7) is 11.7. The molecule has 1 aliphatic heterocycles. The lowest BCUT2D eigenvalue weighted by Gasteiger charge is -2.40. The van der Waals surface area contributed by atoms with E-state index in [1.165, 1.54) is 0 Å². The number of hydrogen-bond donors (Lipinski definition) is 2. The van der Waals surface area contributed by atoms with E-state index in [4.69, 9.17) is 0 Å². The number of carboxylic acid groups (broad SMARTS) is 1. The molecule has 2 aliphatic rings. The SMILES string of the molecule is CCCNC1(C(=O)O)CCC(N2CCN(C(C)C)CC2)C1. The normalized spacial score (nSPS) is 31.9. The third-order valence-electron chi connectivity index (χ3n) is 5.21. The van der Waals surface area contributed by atoms with Gasteiger partial charge in [0.2, 0.25) is 0 Å². The van der Waals surface area contributed by atoms with Crippen LogP contribution in [-0.4, -0.2) is 71.2 Å². The molecule has 21 heavy (non-hydrogen) atoms. The maximum atomic E-state index is 11.7. The Morgan fingerprint density at radius 2 is 2.00 bits per heavy atom. The smallest absolute Gasteiger partial charge is 0.323 e. The molecule has 2 fully saturated rings. The van der Waals surface area contributed by atoms with Gasteiger partial charge in [-0.3, -0.25) is 14.6 Å². The highest BCUT2D eigenvalue weighted by Crippen LogP contribution is 2.34. The van der Waals surface area contributed by atoms with Crippen molar-refractivity contribution < 1.29 is 9.90 Å². The standard InChI is InChI=1S/C16H31N3O2/c1-4-7-17-16(15(20)21)6-5-14(12-16)19-10-8-18(9-11-19)13(2)3/h13-14,17H,4-12H2,1-3H3,(H,20,21). The number of carbonyl (C=O) groups is 1. The molecule has 122 valence electrons. The quantitative estimate of drug-likeness (QED) is 0.776. The second-order valence-electron chi connectivity index (χ2n) is 6.88. The van der Waals surface area contributed by atoms with E-state index >= 15 is 0 Å². The molecule has 0 amide bonds. The van der Waals surface area contributed by atoms with Crippen LogP contribution >= 0.6 is 0 Å². The Bertz CT molecular complexity index is 353. The molecule has 2 atom stereocenters. The number of rotatable bonds is 6. The molecule has 0 spiro atoms. The molecule has 2 unspecified atom stereocenters. The van der Waals surface area contributed by atoms with E-state index in [0.717, 1.165) is 58.4 Å². The number of nitrogens with zero attached hydrogens (tertiary/aromatic N) is 2. The minimum absolute atomic E-state index is 0.430. The fraction of sp³-hybridized carbons (Fsp3) is 0.938. The van der Waals surface area contributed by atoms with Crippen LogP contribution in [0.4, 0.5) is 0 Å². The third-order valence-corrected chi connectivity index (χ3v) is 5.21. The fourth-order valence-corrected chi connectivity index (χ4v) is 3.74. The van der Waals surface area contributed by atoms with Gasteiger partial charge in [0, 0.05) is 38.3 Å². The summed E-state index contributed by atoms with van der Waals surface area (Å²) in [5, 5.41) is 12.9. The first-order valence-corrected chi connectivity index (χ1v) is 8.45. The van der Waals surface area contributed by atoms with Gasteiger partial charge < -0.3 is 10.4 Å². The van der Waals surface area contributed by atoms with Crippen LogP contribution in [0.25, 0.3) is 0 Å². The molecule has 2 rings (SSSR count). The van der Waals surface area contributed by atoms with E-state index in [-0.39, 0.29) is 0 Å². The molecule has 0 aromatic rings. The molecule has 2 N–H and O–H groups in total. The molecule has 1 heterocycles. The third kappa shape index (κ3) is 3.76. The zero-order chi connectivity index (χ0) is 15.5. The van der Waals surface area contributed by atoms with Crippen molar-refractivity contribution in [2.24, 2.45) is 0 Å². The Morgan fingerprint density at radius 1 is 1.33 bits per heavy atom. The largest absolute Gasteiger partial charge is 0.480 e. The van der Waals surface area contributed by atoms with E-state index in [0.29, 0.717) is 12.1 Å². The molecule has 1 aliphatic carbocycles. The van der Waals surface area contributed by atoms with Gasteiger partial charge in [0.25, 0.3) is 0 Å². The lowest BCUT2D eigenvalue weighted by atomic mass is 9.97. The summed E-state index contributed by atoms with van der Waals surface area (Å²) in [5.41, 5.74) is -0.685. The van der Waals surface area contributed by atoms with Crippen LogP contribution in [0.3, 0.4) is 0 Å². The summed E-state index contributed by atoms with van der Waals surface area (Å²) in [5.74, 6) is -0.667. The van der Waals surface area contributed by atoms with E-state index in [2.05, 4.69) is 35.9 Å². The molecule has 1 saturated heterocycles. The minimum atomic E-state index is -0.685. The molecular formula is C16H31N3O2. The highest BCUT2D eigenvalue weighted by atomic mass is 16.4. The van der Waals surface area contributed by atoms with Crippen LogP contribution < -0.4 is 5.32 Å². The average molecular weight is 297 g/mol. The molecule has 0 bridgehead atoms. The van der Waals surface area contributed by atoms with Crippen LogP contribution in [0.15, 0.2) is 0 Å². The van der Waals surface area contributed by atoms with Crippen molar-refractivity contribution in [1.29, 1.82) is 0 Å². The summed E-state index contributed by atoms with van der Waals surface area (Å²) < 4.78 is 0. The van der Waals surface area contributed by atoms with Crippen LogP contribution in [0.5, 0.6) is 0 Å². The Kier molecular flexibility index (Phi) is 5.63. The predicted molar refractivity (Wildman–Crippen MR) is 84.6 cm³/mol. The predicted octanol–water partition coefficient (Wildman–Crippen LogP) is 1.39. The van der Waals surface area contributed by atoms with Crippen molar-refractivity contribution in [3.63, 3.8) is 0 Å². The lowest BCUT2D eigenvalue weighted by molar-refractivity contribution is -0.144. The van der Waals surface area contributed by atoms with Gasteiger partial charge in [-0.1, -0.05) is 6.92 Å². The van der Waals surface area contributed by atoms with E-state index < -0.39 is 11.5 Å². The number of nitrogens with one attached hydrogen (secondary N) is 1. The van der Waals surface area contributed by atoms with Crippen molar-refractivity contribution in [2.45, 2.75) is 64.1 Å². The molecular weight excluding hydrogens is 266 g/mol. The maximum Gasteiger partial charge on any atom is 0.323 e. The van der Waals surface area contributed by atoms with Crippen LogP contribution in [-0.2, 0) is 4.79 Å². The van der Waals surface area contributed by atoms with Gasteiger partial charge in [0.1, 0.15) is 5.54 Å². The van der Waals surface area contributed by atoms with Crippen LogP contribution in [0.1, 0.15) is 46.5 Å². The number of piperazine rings is 1. The number of hydrogen-bond acceptors (Lipinski definition) is 4. The summed E-state index contributed by atoms with van der Waals surface area (Å²) in [4.78, 5) is 16.7. The topological polar surface area (TPSA) is 55.8 Å². The Morgan fingerprint density at radius 3 is 2.52 bits per heavy atom. The molecule has 0 radical (unpaired) electrons. The van der Waals surface area contributed by atoms with E-state index in [1.807, 2.05) is 0 Å². The lowest BCUT2D eigenvalue weighted by Crippen LogP contribution is -2.54. The van der Waals surface area contributed by atoms with Gasteiger partial charge in [0.05, 0.1) is 0 Å². The van der Waals surface area contributed by atoms with Crippen molar-refractivity contribution in [2.75, 3.05) is 32.7 Å². The molecule has 0 aromatic heterocycles. The van der Waals surface area contributed by atoms with E-state index in [9.17, 15) is 9.90 Å². The maximum absolute atomic E-state index is 11.7. The van der Waals surface area contributed by atoms with Crippen molar-refractivity contribution in [1.82, 2.24) is 15.1 Å². The van der Waals surface area contributed by atoms with Gasteiger partial charge in [-0.15, -0.1) is 0 Å². The second-order valence-corrected chi connectivity index (χ2v) is 6.88. The highest BCUT2D eigenvalue weighted by Gasteiger charge is 2.46. The van der Waals surface area contributed by atoms with Gasteiger partial charge in [-0.25, -0.2) is 0 Å². The van der Waals surface area contributed by atoms with Crippen molar-refractivity contribution in [3.05, 3.63) is 0 Å². The zero-order valence-electron chi connectivity index (χ0n) is 13.8. The first kappa shape index (κ1) is 16.7. The Hall–Kier alpha value is -0.650. The molecule has 5 heteroatoms.